The van der Waals surface area contributed by atoms with Gasteiger partial charge in [-0.1, -0.05) is 18.2 Å². The predicted octanol–water partition coefficient (Wildman–Crippen LogP) is 3.07. The van der Waals surface area contributed by atoms with Crippen molar-refractivity contribution in [1.29, 1.82) is 0 Å². The second kappa shape index (κ2) is 6.75. The molecule has 2 aromatic rings. The molecule has 0 fully saturated rings. The Morgan fingerprint density at radius 3 is 2.14 bits per heavy atom. The third kappa shape index (κ3) is 3.85. The first-order valence-electron chi connectivity index (χ1n) is 6.25. The second-order valence-electron chi connectivity index (χ2n) is 4.36. The van der Waals surface area contributed by atoms with Crippen LogP contribution < -0.4 is 10.6 Å². The summed E-state index contributed by atoms with van der Waals surface area (Å²) in [6, 6.07) is 9.97. The summed E-state index contributed by atoms with van der Waals surface area (Å²) in [5.74, 6) is -6.04. The zero-order valence-electron chi connectivity index (χ0n) is 11.2. The summed E-state index contributed by atoms with van der Waals surface area (Å²) >= 11 is 0. The van der Waals surface area contributed by atoms with Gasteiger partial charge >= 0.3 is 0 Å². The molecule has 2 aromatic carbocycles. The van der Waals surface area contributed by atoms with Crippen molar-refractivity contribution in [3.05, 3.63) is 59.9 Å². The highest BCUT2D eigenvalue weighted by atomic mass is 19.2. The number of hydrogen-bond acceptors (Lipinski definition) is 2. The van der Waals surface area contributed by atoms with Crippen molar-refractivity contribution < 1.29 is 22.8 Å². The Balaban J connectivity index is 1.96. The molecule has 0 heterocycles. The molecule has 0 saturated carbocycles. The maximum atomic E-state index is 13.4. The molecule has 0 aromatic heterocycles. The van der Waals surface area contributed by atoms with Crippen molar-refractivity contribution in [2.45, 2.75) is 6.42 Å². The minimum absolute atomic E-state index is 0.499. The van der Waals surface area contributed by atoms with Gasteiger partial charge in [0.25, 0.3) is 0 Å². The predicted molar refractivity (Wildman–Crippen MR) is 74.6 cm³/mol. The van der Waals surface area contributed by atoms with Gasteiger partial charge in [0.15, 0.2) is 17.5 Å². The standard InChI is InChI=1S/C15H11F3N2O2/c16-10-6-7-11(15(18)14(10)17)20-13(22)8-12(21)19-9-4-2-1-3-5-9/h1-7H,8H2,(H,19,21)(H,20,22). The zero-order valence-corrected chi connectivity index (χ0v) is 11.2. The number of para-hydroxylation sites is 1. The van der Waals surface area contributed by atoms with Crippen molar-refractivity contribution >= 4 is 23.2 Å². The molecule has 22 heavy (non-hydrogen) atoms. The summed E-state index contributed by atoms with van der Waals surface area (Å²) in [6.07, 6.45) is -0.590. The van der Waals surface area contributed by atoms with E-state index >= 15 is 0 Å². The first-order chi connectivity index (χ1) is 10.5. The van der Waals surface area contributed by atoms with Gasteiger partial charge < -0.3 is 10.6 Å². The molecule has 0 aliphatic rings. The van der Waals surface area contributed by atoms with Crippen LogP contribution in [0.15, 0.2) is 42.5 Å². The van der Waals surface area contributed by atoms with Gasteiger partial charge in [-0.2, -0.15) is 0 Å². The molecule has 0 aliphatic heterocycles. The Labute approximate surface area is 124 Å². The molecule has 114 valence electrons. The summed E-state index contributed by atoms with van der Waals surface area (Å²) in [6.45, 7) is 0. The molecular weight excluding hydrogens is 297 g/mol. The van der Waals surface area contributed by atoms with E-state index in [9.17, 15) is 22.8 Å². The van der Waals surface area contributed by atoms with Crippen molar-refractivity contribution in [2.24, 2.45) is 0 Å². The van der Waals surface area contributed by atoms with Gasteiger partial charge in [-0.25, -0.2) is 13.2 Å². The van der Waals surface area contributed by atoms with E-state index in [-0.39, 0.29) is 0 Å². The molecule has 7 heteroatoms. The summed E-state index contributed by atoms with van der Waals surface area (Å²) in [7, 11) is 0. The van der Waals surface area contributed by atoms with E-state index < -0.39 is 41.4 Å². The van der Waals surface area contributed by atoms with E-state index in [1.807, 2.05) is 5.32 Å². The summed E-state index contributed by atoms with van der Waals surface area (Å²) in [5.41, 5.74) is -0.0317. The summed E-state index contributed by atoms with van der Waals surface area (Å²) in [5, 5.41) is 4.48. The Morgan fingerprint density at radius 1 is 0.818 bits per heavy atom. The first-order valence-corrected chi connectivity index (χ1v) is 6.25. The van der Waals surface area contributed by atoms with E-state index in [4.69, 9.17) is 0 Å². The lowest BCUT2D eigenvalue weighted by Crippen LogP contribution is -2.22. The third-order valence-corrected chi connectivity index (χ3v) is 2.69. The van der Waals surface area contributed by atoms with Crippen LogP contribution >= 0.6 is 0 Å². The van der Waals surface area contributed by atoms with Crippen LogP contribution in [0.25, 0.3) is 0 Å². The topological polar surface area (TPSA) is 58.2 Å². The van der Waals surface area contributed by atoms with Crippen molar-refractivity contribution in [3.8, 4) is 0 Å². The maximum Gasteiger partial charge on any atom is 0.233 e. The molecule has 0 unspecified atom stereocenters. The number of nitrogens with one attached hydrogen (secondary N) is 2. The number of rotatable bonds is 4. The Hall–Kier alpha value is -2.83. The van der Waals surface area contributed by atoms with Crippen molar-refractivity contribution in [3.63, 3.8) is 0 Å². The molecule has 0 aliphatic carbocycles. The number of halogens is 3. The fourth-order valence-electron chi connectivity index (χ4n) is 1.69. The summed E-state index contributed by atoms with van der Waals surface area (Å²) in [4.78, 5) is 23.2. The molecule has 0 saturated heterocycles. The summed E-state index contributed by atoms with van der Waals surface area (Å²) < 4.78 is 39.1. The molecule has 2 N–H and O–H groups in total. The van der Waals surface area contributed by atoms with E-state index in [2.05, 4.69) is 5.32 Å². The van der Waals surface area contributed by atoms with Gasteiger partial charge in [-0.3, -0.25) is 9.59 Å². The highest BCUT2D eigenvalue weighted by Gasteiger charge is 2.16. The lowest BCUT2D eigenvalue weighted by atomic mass is 10.2. The number of anilines is 2. The zero-order chi connectivity index (χ0) is 16.1. The van der Waals surface area contributed by atoms with Crippen LogP contribution in [0.4, 0.5) is 24.5 Å². The van der Waals surface area contributed by atoms with Crippen LogP contribution in [-0.4, -0.2) is 11.8 Å². The lowest BCUT2D eigenvalue weighted by Gasteiger charge is -2.08. The van der Waals surface area contributed by atoms with E-state index in [1.54, 1.807) is 30.3 Å². The quantitative estimate of drug-likeness (QED) is 0.673. The second-order valence-corrected chi connectivity index (χ2v) is 4.36. The SMILES string of the molecule is O=C(CC(=O)Nc1ccc(F)c(F)c1F)Nc1ccccc1. The van der Waals surface area contributed by atoms with Crippen molar-refractivity contribution in [1.82, 2.24) is 0 Å². The maximum absolute atomic E-state index is 13.4. The van der Waals surface area contributed by atoms with Crippen LogP contribution in [0.2, 0.25) is 0 Å². The molecule has 0 spiro atoms. The van der Waals surface area contributed by atoms with Crippen LogP contribution in [-0.2, 0) is 9.59 Å². The molecule has 0 bridgehead atoms. The van der Waals surface area contributed by atoms with Crippen molar-refractivity contribution in [2.75, 3.05) is 10.6 Å². The number of carbonyl (C=O) groups excluding carboxylic acids is 2. The van der Waals surface area contributed by atoms with Crippen LogP contribution in [0.1, 0.15) is 6.42 Å². The molecule has 0 radical (unpaired) electrons. The first kappa shape index (κ1) is 15.6. The number of hydrogen-bond donors (Lipinski definition) is 2. The minimum atomic E-state index is -1.69. The molecule has 2 rings (SSSR count). The van der Waals surface area contributed by atoms with Gasteiger partial charge in [-0.15, -0.1) is 0 Å². The largest absolute Gasteiger partial charge is 0.326 e. The lowest BCUT2D eigenvalue weighted by molar-refractivity contribution is -0.123. The molecule has 2 amide bonds. The highest BCUT2D eigenvalue weighted by molar-refractivity contribution is 6.08. The van der Waals surface area contributed by atoms with Gasteiger partial charge in [0.2, 0.25) is 11.8 Å². The molecule has 0 atom stereocenters. The van der Waals surface area contributed by atoms with Crippen LogP contribution in [0.5, 0.6) is 0 Å². The van der Waals surface area contributed by atoms with Gasteiger partial charge in [0.1, 0.15) is 6.42 Å². The fourth-order valence-corrected chi connectivity index (χ4v) is 1.69. The highest BCUT2D eigenvalue weighted by Crippen LogP contribution is 2.19. The number of benzene rings is 2. The number of carbonyl (C=O) groups is 2. The number of amides is 2. The van der Waals surface area contributed by atoms with E-state index in [1.165, 1.54) is 0 Å². The van der Waals surface area contributed by atoms with Gasteiger partial charge in [0.05, 0.1) is 5.69 Å². The normalized spacial score (nSPS) is 10.1. The van der Waals surface area contributed by atoms with Crippen LogP contribution in [0, 0.1) is 17.5 Å². The van der Waals surface area contributed by atoms with E-state index in [0.717, 1.165) is 6.07 Å². The Kier molecular flexibility index (Phi) is 4.77. The Bertz CT molecular complexity index is 705. The fraction of sp³-hybridized carbons (Fsp3) is 0.0667. The smallest absolute Gasteiger partial charge is 0.233 e. The molecule has 4 nitrogen and oxygen atoms in total. The van der Waals surface area contributed by atoms with E-state index in [0.29, 0.717) is 11.8 Å². The minimum Gasteiger partial charge on any atom is -0.326 e. The average molecular weight is 308 g/mol. The third-order valence-electron chi connectivity index (χ3n) is 2.69. The average Bonchev–Trinajstić information content (AvgIpc) is 2.49. The van der Waals surface area contributed by atoms with Gasteiger partial charge in [0, 0.05) is 5.69 Å². The van der Waals surface area contributed by atoms with Gasteiger partial charge in [-0.05, 0) is 24.3 Å². The molecular formula is C15H11F3N2O2. The van der Waals surface area contributed by atoms with Crippen LogP contribution in [0.3, 0.4) is 0 Å². The Morgan fingerprint density at radius 2 is 1.45 bits per heavy atom. The monoisotopic (exact) mass is 308 g/mol.